The molecule has 0 spiro atoms. The van der Waals surface area contributed by atoms with Crippen molar-refractivity contribution in [3.63, 3.8) is 0 Å². The Balaban J connectivity index is 1.80. The summed E-state index contributed by atoms with van der Waals surface area (Å²) >= 11 is 0. The topological polar surface area (TPSA) is 24.7 Å². The summed E-state index contributed by atoms with van der Waals surface area (Å²) in [6.07, 6.45) is 9.84. The average Bonchev–Trinajstić information content (AvgIpc) is 3.22. The summed E-state index contributed by atoms with van der Waals surface area (Å²) in [7, 11) is 0. The molecular weight excluding hydrogens is 268 g/mol. The second-order valence-corrected chi connectivity index (χ2v) is 6.42. The van der Waals surface area contributed by atoms with E-state index in [1.165, 1.54) is 73.6 Å². The molecule has 2 aromatic carbocycles. The molecule has 0 aliphatic heterocycles. The molecule has 0 bridgehead atoms. The molecule has 2 aliphatic carbocycles. The van der Waals surface area contributed by atoms with Crippen LogP contribution in [0.4, 0.5) is 11.4 Å². The second kappa shape index (κ2) is 6.04. The highest BCUT2D eigenvalue weighted by Gasteiger charge is 2.11. The Labute approximate surface area is 132 Å². The van der Waals surface area contributed by atoms with Gasteiger partial charge in [0.05, 0.1) is 11.4 Å². The van der Waals surface area contributed by atoms with Crippen LogP contribution in [0, 0.1) is 0 Å². The molecule has 0 aromatic heterocycles. The molecule has 0 N–H and O–H groups in total. The molecule has 0 amide bonds. The maximum absolute atomic E-state index is 4.93. The molecule has 2 fully saturated rings. The molecule has 2 aromatic rings. The Bertz CT molecular complexity index is 674. The first-order valence-corrected chi connectivity index (χ1v) is 8.55. The van der Waals surface area contributed by atoms with Crippen LogP contribution in [0.3, 0.4) is 0 Å². The number of rotatable bonds is 2. The molecule has 2 heteroatoms. The van der Waals surface area contributed by atoms with E-state index in [0.717, 1.165) is 11.4 Å². The normalized spacial score (nSPS) is 18.2. The molecule has 0 saturated heterocycles. The first-order chi connectivity index (χ1) is 10.9. The lowest BCUT2D eigenvalue weighted by Gasteiger charge is -2.07. The number of hydrogen-bond acceptors (Lipinski definition) is 2. The minimum atomic E-state index is 1.11. The third-order valence-corrected chi connectivity index (χ3v) is 4.79. The fourth-order valence-corrected chi connectivity index (χ4v) is 3.60. The lowest BCUT2D eigenvalue weighted by atomic mass is 10.1. The minimum absolute atomic E-state index is 1.11. The van der Waals surface area contributed by atoms with Crippen molar-refractivity contribution in [2.24, 2.45) is 9.98 Å². The van der Waals surface area contributed by atoms with Gasteiger partial charge in [0.2, 0.25) is 0 Å². The van der Waals surface area contributed by atoms with Crippen LogP contribution in [-0.4, -0.2) is 11.4 Å². The predicted molar refractivity (Wildman–Crippen MR) is 95.1 cm³/mol. The number of aliphatic imine (C=N–C) groups is 2. The van der Waals surface area contributed by atoms with Crippen molar-refractivity contribution in [1.29, 1.82) is 0 Å². The van der Waals surface area contributed by atoms with Gasteiger partial charge >= 0.3 is 0 Å². The summed E-state index contributed by atoms with van der Waals surface area (Å²) < 4.78 is 0. The van der Waals surface area contributed by atoms with E-state index in [1.54, 1.807) is 0 Å². The van der Waals surface area contributed by atoms with Crippen molar-refractivity contribution in [1.82, 2.24) is 0 Å². The van der Waals surface area contributed by atoms with Crippen molar-refractivity contribution < 1.29 is 0 Å². The second-order valence-electron chi connectivity index (χ2n) is 6.42. The zero-order valence-electron chi connectivity index (χ0n) is 13.0. The average molecular weight is 290 g/mol. The van der Waals surface area contributed by atoms with Gasteiger partial charge in [0.1, 0.15) is 0 Å². The Hall–Kier alpha value is -1.96. The molecule has 4 rings (SSSR count). The van der Waals surface area contributed by atoms with Crippen molar-refractivity contribution >= 4 is 33.6 Å². The van der Waals surface area contributed by atoms with Crippen molar-refractivity contribution in [3.05, 3.63) is 36.4 Å². The van der Waals surface area contributed by atoms with Crippen LogP contribution in [-0.2, 0) is 0 Å². The van der Waals surface area contributed by atoms with E-state index in [4.69, 9.17) is 9.98 Å². The first kappa shape index (κ1) is 13.7. The van der Waals surface area contributed by atoms with Crippen LogP contribution < -0.4 is 0 Å². The fraction of sp³-hybridized carbons (Fsp3) is 0.400. The molecule has 0 unspecified atom stereocenters. The van der Waals surface area contributed by atoms with Gasteiger partial charge in [-0.1, -0.05) is 24.3 Å². The SMILES string of the molecule is c1cc(N=C2CCCC2)c2cccc(N=C3CCCC3)c2c1. The maximum Gasteiger partial charge on any atom is 0.0708 e. The Morgan fingerprint density at radius 2 is 0.955 bits per heavy atom. The van der Waals surface area contributed by atoms with E-state index in [2.05, 4.69) is 36.4 Å². The van der Waals surface area contributed by atoms with Crippen molar-refractivity contribution in [2.45, 2.75) is 51.4 Å². The third kappa shape index (κ3) is 2.70. The van der Waals surface area contributed by atoms with Crippen molar-refractivity contribution in [2.75, 3.05) is 0 Å². The van der Waals surface area contributed by atoms with Crippen LogP contribution >= 0.6 is 0 Å². The van der Waals surface area contributed by atoms with Crippen LogP contribution in [0.15, 0.2) is 46.4 Å². The summed E-state index contributed by atoms with van der Waals surface area (Å²) in [6.45, 7) is 0. The van der Waals surface area contributed by atoms with Crippen LogP contribution in [0.5, 0.6) is 0 Å². The quantitative estimate of drug-likeness (QED) is 0.635. The Morgan fingerprint density at radius 3 is 1.36 bits per heavy atom. The third-order valence-electron chi connectivity index (χ3n) is 4.79. The molecule has 0 heterocycles. The minimum Gasteiger partial charge on any atom is -0.257 e. The van der Waals surface area contributed by atoms with E-state index in [9.17, 15) is 0 Å². The van der Waals surface area contributed by atoms with Gasteiger partial charge in [0.25, 0.3) is 0 Å². The summed E-state index contributed by atoms with van der Waals surface area (Å²) in [4.78, 5) is 9.85. The number of benzene rings is 2. The number of nitrogens with zero attached hydrogens (tertiary/aromatic N) is 2. The molecule has 2 nitrogen and oxygen atoms in total. The van der Waals surface area contributed by atoms with Gasteiger partial charge in [-0.05, 0) is 63.5 Å². The molecule has 2 aliphatic rings. The maximum atomic E-state index is 4.93. The summed E-state index contributed by atoms with van der Waals surface area (Å²) in [5.41, 5.74) is 4.95. The van der Waals surface area contributed by atoms with Crippen LogP contribution in [0.25, 0.3) is 10.8 Å². The van der Waals surface area contributed by atoms with E-state index >= 15 is 0 Å². The largest absolute Gasteiger partial charge is 0.257 e. The van der Waals surface area contributed by atoms with Crippen LogP contribution in [0.2, 0.25) is 0 Å². The van der Waals surface area contributed by atoms with E-state index < -0.39 is 0 Å². The zero-order chi connectivity index (χ0) is 14.8. The smallest absolute Gasteiger partial charge is 0.0708 e. The van der Waals surface area contributed by atoms with E-state index in [0.29, 0.717) is 0 Å². The van der Waals surface area contributed by atoms with Gasteiger partial charge in [0, 0.05) is 22.2 Å². The number of hydrogen-bond donors (Lipinski definition) is 0. The lowest BCUT2D eigenvalue weighted by molar-refractivity contribution is 0.886. The molecular formula is C20H22N2. The van der Waals surface area contributed by atoms with Gasteiger partial charge in [-0.2, -0.15) is 0 Å². The molecule has 22 heavy (non-hydrogen) atoms. The Kier molecular flexibility index (Phi) is 3.75. The standard InChI is InChI=1S/C20H22N2/c1-2-8-15(7-1)21-19-13-5-12-18-17(19)11-6-14-20(18)22-16-9-3-4-10-16/h5-6,11-14H,1-4,7-10H2. The van der Waals surface area contributed by atoms with Gasteiger partial charge in [-0.3, -0.25) is 9.98 Å². The van der Waals surface area contributed by atoms with E-state index in [-0.39, 0.29) is 0 Å². The van der Waals surface area contributed by atoms with Crippen molar-refractivity contribution in [3.8, 4) is 0 Å². The molecule has 0 radical (unpaired) electrons. The Morgan fingerprint density at radius 1 is 0.545 bits per heavy atom. The monoisotopic (exact) mass is 290 g/mol. The lowest BCUT2D eigenvalue weighted by Crippen LogP contribution is -1.88. The van der Waals surface area contributed by atoms with Gasteiger partial charge in [-0.25, -0.2) is 0 Å². The highest BCUT2D eigenvalue weighted by molar-refractivity contribution is 6.03. The highest BCUT2D eigenvalue weighted by atomic mass is 14.8. The zero-order valence-corrected chi connectivity index (χ0v) is 13.0. The summed E-state index contributed by atoms with van der Waals surface area (Å²) in [5, 5.41) is 2.48. The van der Waals surface area contributed by atoms with Gasteiger partial charge in [-0.15, -0.1) is 0 Å². The van der Waals surface area contributed by atoms with E-state index in [1.807, 2.05) is 0 Å². The molecule has 0 atom stereocenters. The van der Waals surface area contributed by atoms with Gasteiger partial charge < -0.3 is 0 Å². The first-order valence-electron chi connectivity index (χ1n) is 8.55. The van der Waals surface area contributed by atoms with Gasteiger partial charge in [0.15, 0.2) is 0 Å². The molecule has 112 valence electrons. The predicted octanol–water partition coefficient (Wildman–Crippen LogP) is 6.13. The fourth-order valence-electron chi connectivity index (χ4n) is 3.60. The summed E-state index contributed by atoms with van der Waals surface area (Å²) in [5.74, 6) is 0. The highest BCUT2D eigenvalue weighted by Crippen LogP contribution is 2.34. The number of fused-ring (bicyclic) bond motifs is 1. The van der Waals surface area contributed by atoms with Crippen LogP contribution in [0.1, 0.15) is 51.4 Å². The summed E-state index contributed by atoms with van der Waals surface area (Å²) in [6, 6.07) is 12.9. The molecule has 2 saturated carbocycles.